The molecule has 5 nitrogen and oxygen atoms in total. The van der Waals surface area contributed by atoms with E-state index in [0.29, 0.717) is 12.1 Å². The van der Waals surface area contributed by atoms with Crippen molar-refractivity contribution in [3.05, 3.63) is 71.7 Å². The average Bonchev–Trinajstić information content (AvgIpc) is 2.73. The van der Waals surface area contributed by atoms with Gasteiger partial charge in [0.15, 0.2) is 0 Å². The Morgan fingerprint density at radius 3 is 2.46 bits per heavy atom. The third kappa shape index (κ3) is 3.71. The zero-order chi connectivity index (χ0) is 19.5. The molecule has 1 aromatic heterocycles. The number of aromatic hydroxyl groups is 1. The number of aliphatic hydroxyl groups is 1. The van der Waals surface area contributed by atoms with Crippen molar-refractivity contribution in [1.82, 2.24) is 14.8 Å². The molecule has 0 aliphatic carbocycles. The van der Waals surface area contributed by atoms with E-state index in [1.165, 1.54) is 12.1 Å². The van der Waals surface area contributed by atoms with Crippen LogP contribution in [0, 0.1) is 5.82 Å². The Balaban J connectivity index is 1.74. The lowest BCUT2D eigenvalue weighted by atomic mass is 9.94. The van der Waals surface area contributed by atoms with Crippen molar-refractivity contribution < 1.29 is 14.6 Å². The van der Waals surface area contributed by atoms with Crippen molar-refractivity contribution >= 4 is 10.9 Å². The Labute approximate surface area is 163 Å². The van der Waals surface area contributed by atoms with Gasteiger partial charge in [0.25, 0.3) is 0 Å². The van der Waals surface area contributed by atoms with Crippen molar-refractivity contribution in [2.24, 2.45) is 0 Å². The van der Waals surface area contributed by atoms with Gasteiger partial charge >= 0.3 is 0 Å². The minimum absolute atomic E-state index is 0.151. The van der Waals surface area contributed by atoms with E-state index in [2.05, 4.69) is 14.8 Å². The van der Waals surface area contributed by atoms with Crippen LogP contribution in [0.15, 0.2) is 54.7 Å². The second-order valence-electron chi connectivity index (χ2n) is 7.13. The largest absolute Gasteiger partial charge is 0.505 e. The van der Waals surface area contributed by atoms with E-state index in [-0.39, 0.29) is 24.2 Å². The van der Waals surface area contributed by atoms with Crippen molar-refractivity contribution in [3.63, 3.8) is 0 Å². The Bertz CT molecular complexity index is 940. The number of β-amino-alcohol motifs (C(OH)–C–C–N with tert-alkyl or cyclic N) is 1. The molecule has 4 rings (SSSR count). The van der Waals surface area contributed by atoms with Gasteiger partial charge in [0.2, 0.25) is 0 Å². The Kier molecular flexibility index (Phi) is 5.52. The molecule has 2 heterocycles. The van der Waals surface area contributed by atoms with E-state index in [1.807, 2.05) is 24.3 Å². The van der Waals surface area contributed by atoms with Crippen LogP contribution in [0.1, 0.15) is 17.2 Å². The van der Waals surface area contributed by atoms with Gasteiger partial charge in [-0.1, -0.05) is 30.3 Å². The maximum Gasteiger partial charge on any atom is 0.146 e. The molecule has 0 unspecified atom stereocenters. The summed E-state index contributed by atoms with van der Waals surface area (Å²) >= 11 is 0. The van der Waals surface area contributed by atoms with Crippen LogP contribution in [0.4, 0.5) is 4.39 Å². The summed E-state index contributed by atoms with van der Waals surface area (Å²) in [5, 5.41) is 21.1. The number of nitrogens with zero attached hydrogens (tertiary/aromatic N) is 3. The molecule has 146 valence electrons. The van der Waals surface area contributed by atoms with Crippen LogP contribution in [0.5, 0.6) is 5.75 Å². The number of pyridine rings is 1. The van der Waals surface area contributed by atoms with Gasteiger partial charge in [-0.05, 0) is 23.8 Å². The number of phenolic OH excluding ortho intramolecular Hbond substituents is 1. The van der Waals surface area contributed by atoms with Gasteiger partial charge in [-0.25, -0.2) is 4.39 Å². The van der Waals surface area contributed by atoms with Crippen LogP contribution in [0.25, 0.3) is 10.9 Å². The number of hydrogen-bond donors (Lipinski definition) is 2. The number of piperazine rings is 1. The number of aromatic nitrogens is 1. The first kappa shape index (κ1) is 18.8. The highest BCUT2D eigenvalue weighted by molar-refractivity contribution is 5.85. The standard InChI is InChI=1S/C22H24FN3O2/c23-18-6-3-17(4-7-18)21(26-12-10-25(11-13-26)14-15-27)19-8-5-16-2-1-9-24-20(16)22(19)28/h1-9,21,27-28H,10-15H2/t21-/m0/s1. The smallest absolute Gasteiger partial charge is 0.146 e. The highest BCUT2D eigenvalue weighted by atomic mass is 19.1. The van der Waals surface area contributed by atoms with Crippen LogP contribution in [-0.2, 0) is 0 Å². The molecule has 1 aliphatic heterocycles. The molecule has 1 aliphatic rings. The number of fused-ring (bicyclic) bond motifs is 1. The second-order valence-corrected chi connectivity index (χ2v) is 7.13. The fourth-order valence-electron chi connectivity index (χ4n) is 3.98. The van der Waals surface area contributed by atoms with E-state index in [4.69, 9.17) is 0 Å². The number of rotatable bonds is 5. The van der Waals surface area contributed by atoms with Gasteiger partial charge < -0.3 is 10.2 Å². The highest BCUT2D eigenvalue weighted by Crippen LogP contribution is 2.38. The molecule has 2 N–H and O–H groups in total. The van der Waals surface area contributed by atoms with Gasteiger partial charge in [-0.2, -0.15) is 0 Å². The fraction of sp³-hybridized carbons (Fsp3) is 0.318. The molecule has 1 fully saturated rings. The second kappa shape index (κ2) is 8.22. The van der Waals surface area contributed by atoms with Crippen LogP contribution < -0.4 is 0 Å². The number of halogens is 1. The van der Waals surface area contributed by atoms with Crippen molar-refractivity contribution in [3.8, 4) is 5.75 Å². The van der Waals surface area contributed by atoms with E-state index in [1.54, 1.807) is 18.3 Å². The summed E-state index contributed by atoms with van der Waals surface area (Å²) in [5.74, 6) is -0.107. The monoisotopic (exact) mass is 381 g/mol. The number of hydrogen-bond acceptors (Lipinski definition) is 5. The van der Waals surface area contributed by atoms with Gasteiger partial charge in [-0.15, -0.1) is 0 Å². The molecule has 1 saturated heterocycles. The van der Waals surface area contributed by atoms with Crippen LogP contribution in [-0.4, -0.2) is 64.3 Å². The lowest BCUT2D eigenvalue weighted by Gasteiger charge is -2.39. The number of phenols is 1. The first-order valence-corrected chi connectivity index (χ1v) is 9.56. The first-order chi connectivity index (χ1) is 13.7. The quantitative estimate of drug-likeness (QED) is 0.712. The Hall–Kier alpha value is -2.54. The maximum atomic E-state index is 13.5. The third-order valence-corrected chi connectivity index (χ3v) is 5.45. The summed E-state index contributed by atoms with van der Waals surface area (Å²) in [5.41, 5.74) is 2.28. The minimum Gasteiger partial charge on any atom is -0.505 e. The van der Waals surface area contributed by atoms with Gasteiger partial charge in [0.1, 0.15) is 17.1 Å². The molecule has 1 atom stereocenters. The summed E-state index contributed by atoms with van der Waals surface area (Å²) in [6.07, 6.45) is 1.67. The fourth-order valence-corrected chi connectivity index (χ4v) is 3.98. The van der Waals surface area contributed by atoms with E-state index >= 15 is 0 Å². The van der Waals surface area contributed by atoms with E-state index < -0.39 is 0 Å². The number of benzene rings is 2. The summed E-state index contributed by atoms with van der Waals surface area (Å²) in [4.78, 5) is 8.87. The highest BCUT2D eigenvalue weighted by Gasteiger charge is 2.29. The third-order valence-electron chi connectivity index (χ3n) is 5.45. The minimum atomic E-state index is -0.278. The first-order valence-electron chi connectivity index (χ1n) is 9.56. The van der Waals surface area contributed by atoms with Gasteiger partial charge in [-0.3, -0.25) is 14.8 Å². The zero-order valence-electron chi connectivity index (χ0n) is 15.6. The summed E-state index contributed by atoms with van der Waals surface area (Å²) < 4.78 is 13.5. The molecule has 0 bridgehead atoms. The molecule has 2 aromatic carbocycles. The normalized spacial score (nSPS) is 17.1. The Morgan fingerprint density at radius 2 is 1.75 bits per heavy atom. The summed E-state index contributed by atoms with van der Waals surface area (Å²) in [7, 11) is 0. The summed E-state index contributed by atoms with van der Waals surface area (Å²) in [6.45, 7) is 4.08. The average molecular weight is 381 g/mol. The van der Waals surface area contributed by atoms with Crippen molar-refractivity contribution in [1.29, 1.82) is 0 Å². The van der Waals surface area contributed by atoms with Crippen molar-refractivity contribution in [2.45, 2.75) is 6.04 Å². The molecular formula is C22H24FN3O2. The van der Waals surface area contributed by atoms with Crippen LogP contribution in [0.2, 0.25) is 0 Å². The lowest BCUT2D eigenvalue weighted by Crippen LogP contribution is -2.48. The molecule has 3 aromatic rings. The maximum absolute atomic E-state index is 13.5. The molecular weight excluding hydrogens is 357 g/mol. The molecule has 28 heavy (non-hydrogen) atoms. The Morgan fingerprint density at radius 1 is 1.00 bits per heavy atom. The van der Waals surface area contributed by atoms with Crippen LogP contribution >= 0.6 is 0 Å². The predicted octanol–water partition coefficient (Wildman–Crippen LogP) is 2.78. The van der Waals surface area contributed by atoms with E-state index in [9.17, 15) is 14.6 Å². The van der Waals surface area contributed by atoms with Crippen molar-refractivity contribution in [2.75, 3.05) is 39.3 Å². The SMILES string of the molecule is OCCN1CCN([C@@H](c2ccc(F)cc2)c2ccc3cccnc3c2O)CC1. The van der Waals surface area contributed by atoms with Crippen LogP contribution in [0.3, 0.4) is 0 Å². The molecule has 0 amide bonds. The number of aliphatic hydroxyl groups excluding tert-OH is 1. The zero-order valence-corrected chi connectivity index (χ0v) is 15.6. The summed E-state index contributed by atoms with van der Waals surface area (Å²) in [6, 6.07) is 14.0. The molecule has 6 heteroatoms. The molecule has 0 saturated carbocycles. The molecule has 0 radical (unpaired) electrons. The van der Waals surface area contributed by atoms with Gasteiger partial charge in [0, 0.05) is 49.9 Å². The van der Waals surface area contributed by atoms with E-state index in [0.717, 1.165) is 42.7 Å². The topological polar surface area (TPSA) is 59.8 Å². The lowest BCUT2D eigenvalue weighted by molar-refractivity contribution is 0.0938. The van der Waals surface area contributed by atoms with Gasteiger partial charge in [0.05, 0.1) is 12.6 Å². The predicted molar refractivity (Wildman–Crippen MR) is 107 cm³/mol. The molecule has 0 spiro atoms.